The summed E-state index contributed by atoms with van der Waals surface area (Å²) in [5.41, 5.74) is 0.884. The zero-order valence-corrected chi connectivity index (χ0v) is 11.0. The molecule has 0 amide bonds. The van der Waals surface area contributed by atoms with E-state index < -0.39 is 0 Å². The Kier molecular flexibility index (Phi) is 2.64. The third-order valence-corrected chi connectivity index (χ3v) is 4.24. The minimum absolute atomic E-state index is 0.550. The maximum absolute atomic E-state index is 4.46. The molecule has 2 aromatic heterocycles. The van der Waals surface area contributed by atoms with Gasteiger partial charge >= 0.3 is 0 Å². The summed E-state index contributed by atoms with van der Waals surface area (Å²) in [7, 11) is 0. The quantitative estimate of drug-likeness (QED) is 0.918. The van der Waals surface area contributed by atoms with E-state index in [0.717, 1.165) is 17.3 Å². The lowest BCUT2D eigenvalue weighted by atomic mass is 9.95. The average Bonchev–Trinajstić information content (AvgIpc) is 3.20. The van der Waals surface area contributed by atoms with Crippen LogP contribution < -0.4 is 5.32 Å². The van der Waals surface area contributed by atoms with Gasteiger partial charge in [-0.25, -0.2) is 4.98 Å². The first-order valence-corrected chi connectivity index (χ1v) is 7.38. The fourth-order valence-electron chi connectivity index (χ4n) is 3.01. The molecule has 2 aliphatic rings. The largest absolute Gasteiger partial charge is 0.364 e. The van der Waals surface area contributed by atoms with Crippen molar-refractivity contribution in [2.75, 3.05) is 5.32 Å². The molecule has 0 radical (unpaired) electrons. The van der Waals surface area contributed by atoms with E-state index in [9.17, 15) is 0 Å². The van der Waals surface area contributed by atoms with E-state index in [2.05, 4.69) is 24.9 Å². The molecule has 0 saturated heterocycles. The predicted octanol–water partition coefficient (Wildman–Crippen LogP) is 2.75. The number of nitrogens with zero attached hydrogens (tertiary/aromatic N) is 4. The summed E-state index contributed by atoms with van der Waals surface area (Å²) in [6.07, 6.45) is 12.8. The van der Waals surface area contributed by atoms with Crippen LogP contribution in [0.25, 0.3) is 5.65 Å². The molecule has 0 atom stereocenters. The summed E-state index contributed by atoms with van der Waals surface area (Å²) in [5.74, 6) is 2.61. The van der Waals surface area contributed by atoms with Gasteiger partial charge in [0.1, 0.15) is 5.82 Å². The Bertz CT molecular complexity index is 581. The summed E-state index contributed by atoms with van der Waals surface area (Å²) in [4.78, 5) is 4.46. The summed E-state index contributed by atoms with van der Waals surface area (Å²) in [6, 6.07) is 0.550. The summed E-state index contributed by atoms with van der Waals surface area (Å²) < 4.78 is 2.11. The molecular formula is C14H19N5. The Morgan fingerprint density at radius 2 is 1.89 bits per heavy atom. The molecule has 100 valence electrons. The average molecular weight is 257 g/mol. The molecule has 19 heavy (non-hydrogen) atoms. The fourth-order valence-corrected chi connectivity index (χ4v) is 3.01. The summed E-state index contributed by atoms with van der Waals surface area (Å²) >= 11 is 0. The summed E-state index contributed by atoms with van der Waals surface area (Å²) in [6.45, 7) is 0. The number of hydrogen-bond donors (Lipinski definition) is 1. The lowest BCUT2D eigenvalue weighted by molar-refractivity contribution is 0.462. The minimum atomic E-state index is 0.550. The smallest absolute Gasteiger partial charge is 0.203 e. The fraction of sp³-hybridized carbons (Fsp3) is 0.643. The highest BCUT2D eigenvalue weighted by molar-refractivity contribution is 5.62. The molecule has 2 aromatic rings. The monoisotopic (exact) mass is 257 g/mol. The maximum Gasteiger partial charge on any atom is 0.203 e. The van der Waals surface area contributed by atoms with E-state index in [1.165, 1.54) is 44.9 Å². The molecule has 0 bridgehead atoms. The van der Waals surface area contributed by atoms with Gasteiger partial charge in [-0.2, -0.15) is 0 Å². The normalized spacial score (nSPS) is 20.8. The third-order valence-electron chi connectivity index (χ3n) is 4.24. The van der Waals surface area contributed by atoms with Gasteiger partial charge in [-0.15, -0.1) is 10.2 Å². The molecule has 5 nitrogen and oxygen atoms in total. The SMILES string of the molecule is c1cn2c(C3CC3)nnc2c(NC2CCCCC2)n1. The molecule has 5 heteroatoms. The van der Waals surface area contributed by atoms with Crippen LogP contribution in [0.3, 0.4) is 0 Å². The van der Waals surface area contributed by atoms with Gasteiger partial charge in [0.15, 0.2) is 5.82 Å². The maximum atomic E-state index is 4.46. The Hall–Kier alpha value is -1.65. The van der Waals surface area contributed by atoms with Crippen LogP contribution in [0.2, 0.25) is 0 Å². The number of nitrogens with one attached hydrogen (secondary N) is 1. The van der Waals surface area contributed by atoms with E-state index in [-0.39, 0.29) is 0 Å². The Morgan fingerprint density at radius 1 is 1.05 bits per heavy atom. The van der Waals surface area contributed by atoms with Crippen molar-refractivity contribution < 1.29 is 0 Å². The molecule has 2 aliphatic carbocycles. The minimum Gasteiger partial charge on any atom is -0.364 e. The van der Waals surface area contributed by atoms with Crippen LogP contribution in [0.1, 0.15) is 56.7 Å². The van der Waals surface area contributed by atoms with Gasteiger partial charge in [0, 0.05) is 24.4 Å². The van der Waals surface area contributed by atoms with Crippen molar-refractivity contribution in [1.82, 2.24) is 19.6 Å². The van der Waals surface area contributed by atoms with Gasteiger partial charge in [0.25, 0.3) is 0 Å². The Balaban J connectivity index is 1.65. The Labute approximate surface area is 112 Å². The van der Waals surface area contributed by atoms with Gasteiger partial charge in [0.2, 0.25) is 5.65 Å². The first kappa shape index (κ1) is 11.2. The van der Waals surface area contributed by atoms with E-state index in [4.69, 9.17) is 0 Å². The molecule has 2 fully saturated rings. The van der Waals surface area contributed by atoms with Crippen LogP contribution in [0.5, 0.6) is 0 Å². The van der Waals surface area contributed by atoms with E-state index in [0.29, 0.717) is 12.0 Å². The zero-order chi connectivity index (χ0) is 12.7. The van der Waals surface area contributed by atoms with Crippen LogP contribution in [0, 0.1) is 0 Å². The van der Waals surface area contributed by atoms with Gasteiger partial charge in [0.05, 0.1) is 0 Å². The van der Waals surface area contributed by atoms with E-state index >= 15 is 0 Å². The number of hydrogen-bond acceptors (Lipinski definition) is 4. The molecule has 4 rings (SSSR count). The first-order valence-electron chi connectivity index (χ1n) is 7.38. The van der Waals surface area contributed by atoms with Crippen LogP contribution in [-0.4, -0.2) is 25.6 Å². The third kappa shape index (κ3) is 2.07. The lowest BCUT2D eigenvalue weighted by Crippen LogP contribution is -2.23. The van der Waals surface area contributed by atoms with Gasteiger partial charge in [-0.05, 0) is 25.7 Å². The predicted molar refractivity (Wildman–Crippen MR) is 73.3 cm³/mol. The standard InChI is InChI=1S/C14H19N5/c1-2-4-11(5-3-1)16-12-14-18-17-13(10-6-7-10)19(14)9-8-15-12/h8-11H,1-7H2,(H,15,16). The number of rotatable bonds is 3. The molecule has 1 N–H and O–H groups in total. The summed E-state index contributed by atoms with van der Waals surface area (Å²) in [5, 5.41) is 12.2. The van der Waals surface area contributed by atoms with Crippen molar-refractivity contribution in [1.29, 1.82) is 0 Å². The van der Waals surface area contributed by atoms with Crippen LogP contribution >= 0.6 is 0 Å². The molecule has 2 saturated carbocycles. The highest BCUT2D eigenvalue weighted by atomic mass is 15.3. The van der Waals surface area contributed by atoms with Crippen molar-refractivity contribution in [2.24, 2.45) is 0 Å². The highest BCUT2D eigenvalue weighted by Gasteiger charge is 2.29. The van der Waals surface area contributed by atoms with Gasteiger partial charge < -0.3 is 5.32 Å². The van der Waals surface area contributed by atoms with Crippen molar-refractivity contribution in [2.45, 2.75) is 56.9 Å². The molecular weight excluding hydrogens is 238 g/mol. The number of fused-ring (bicyclic) bond motifs is 1. The first-order chi connectivity index (χ1) is 9.42. The second-order valence-corrected chi connectivity index (χ2v) is 5.78. The number of anilines is 1. The van der Waals surface area contributed by atoms with Crippen molar-refractivity contribution in [3.05, 3.63) is 18.2 Å². The molecule has 0 aromatic carbocycles. The highest BCUT2D eigenvalue weighted by Crippen LogP contribution is 2.39. The van der Waals surface area contributed by atoms with Crippen molar-refractivity contribution >= 4 is 11.5 Å². The topological polar surface area (TPSA) is 55.1 Å². The Morgan fingerprint density at radius 3 is 2.68 bits per heavy atom. The van der Waals surface area contributed by atoms with E-state index in [1.54, 1.807) is 0 Å². The van der Waals surface area contributed by atoms with E-state index in [1.807, 2.05) is 12.4 Å². The lowest BCUT2D eigenvalue weighted by Gasteiger charge is -2.23. The van der Waals surface area contributed by atoms with Gasteiger partial charge in [-0.1, -0.05) is 19.3 Å². The van der Waals surface area contributed by atoms with Crippen LogP contribution in [-0.2, 0) is 0 Å². The second kappa shape index (κ2) is 4.47. The van der Waals surface area contributed by atoms with Gasteiger partial charge in [-0.3, -0.25) is 4.40 Å². The molecule has 0 spiro atoms. The van der Waals surface area contributed by atoms with Crippen LogP contribution in [0.15, 0.2) is 12.4 Å². The number of aromatic nitrogens is 4. The molecule has 2 heterocycles. The second-order valence-electron chi connectivity index (χ2n) is 5.78. The zero-order valence-electron chi connectivity index (χ0n) is 11.0. The van der Waals surface area contributed by atoms with Crippen molar-refractivity contribution in [3.63, 3.8) is 0 Å². The molecule has 0 aliphatic heterocycles. The molecule has 0 unspecified atom stereocenters. The van der Waals surface area contributed by atoms with Crippen molar-refractivity contribution in [3.8, 4) is 0 Å². The van der Waals surface area contributed by atoms with Crippen LogP contribution in [0.4, 0.5) is 5.82 Å².